The van der Waals surface area contributed by atoms with Gasteiger partial charge in [0.05, 0.1) is 0 Å². The Kier molecular flexibility index (Phi) is 7.61. The van der Waals surface area contributed by atoms with Crippen LogP contribution in [0.15, 0.2) is 24.3 Å². The molecule has 0 saturated carbocycles. The summed E-state index contributed by atoms with van der Waals surface area (Å²) >= 11 is 6.36. The number of halogens is 1. The van der Waals surface area contributed by atoms with Gasteiger partial charge in [0.1, 0.15) is 0 Å². The van der Waals surface area contributed by atoms with Crippen LogP contribution in [0.4, 0.5) is 0 Å². The van der Waals surface area contributed by atoms with Crippen molar-refractivity contribution in [3.63, 3.8) is 0 Å². The normalized spacial score (nSPS) is 14.5. The zero-order chi connectivity index (χ0) is 15.0. The van der Waals surface area contributed by atoms with Gasteiger partial charge in [-0.05, 0) is 36.3 Å². The molecule has 0 bridgehead atoms. The van der Waals surface area contributed by atoms with Crippen LogP contribution in [0.1, 0.15) is 58.9 Å². The highest BCUT2D eigenvalue weighted by Gasteiger charge is 2.28. The van der Waals surface area contributed by atoms with Gasteiger partial charge >= 0.3 is 0 Å². The van der Waals surface area contributed by atoms with Crippen molar-refractivity contribution in [1.82, 2.24) is 5.32 Å². The van der Waals surface area contributed by atoms with E-state index in [1.807, 2.05) is 12.1 Å². The highest BCUT2D eigenvalue weighted by Crippen LogP contribution is 2.34. The quantitative estimate of drug-likeness (QED) is 0.637. The van der Waals surface area contributed by atoms with Crippen LogP contribution in [0.25, 0.3) is 0 Å². The van der Waals surface area contributed by atoms with Gasteiger partial charge < -0.3 is 5.32 Å². The predicted molar refractivity (Wildman–Crippen MR) is 90.5 cm³/mol. The molecule has 0 heterocycles. The third-order valence-electron chi connectivity index (χ3n) is 4.22. The van der Waals surface area contributed by atoms with E-state index in [9.17, 15) is 0 Å². The van der Waals surface area contributed by atoms with Crippen molar-refractivity contribution >= 4 is 11.6 Å². The lowest BCUT2D eigenvalue weighted by Crippen LogP contribution is -2.39. The minimum atomic E-state index is 0.325. The third-order valence-corrected chi connectivity index (χ3v) is 4.59. The molecule has 1 aromatic carbocycles. The Morgan fingerprint density at radius 3 is 2.45 bits per heavy atom. The monoisotopic (exact) mass is 295 g/mol. The van der Waals surface area contributed by atoms with Gasteiger partial charge in [-0.15, -0.1) is 0 Å². The minimum Gasteiger partial charge on any atom is -0.314 e. The molecule has 20 heavy (non-hydrogen) atoms. The SMILES string of the molecule is CCCCC(CC)(CNC(C)C)Cc1ccccc1Cl. The van der Waals surface area contributed by atoms with Crippen LogP contribution in [-0.2, 0) is 6.42 Å². The summed E-state index contributed by atoms with van der Waals surface area (Å²) in [6.07, 6.45) is 6.08. The molecular weight excluding hydrogens is 266 g/mol. The van der Waals surface area contributed by atoms with E-state index in [1.54, 1.807) is 0 Å². The maximum absolute atomic E-state index is 6.36. The summed E-state index contributed by atoms with van der Waals surface area (Å²) < 4.78 is 0. The van der Waals surface area contributed by atoms with Crippen molar-refractivity contribution in [1.29, 1.82) is 0 Å². The van der Waals surface area contributed by atoms with Gasteiger partial charge in [0, 0.05) is 17.6 Å². The molecule has 2 heteroatoms. The average Bonchev–Trinajstić information content (AvgIpc) is 2.44. The molecule has 0 aliphatic carbocycles. The molecule has 0 aliphatic heterocycles. The molecular formula is C18H30ClN. The third kappa shape index (κ3) is 5.46. The smallest absolute Gasteiger partial charge is 0.0438 e. The number of unbranched alkanes of at least 4 members (excludes halogenated alkanes) is 1. The molecule has 1 N–H and O–H groups in total. The fraction of sp³-hybridized carbons (Fsp3) is 0.667. The zero-order valence-electron chi connectivity index (χ0n) is 13.5. The number of hydrogen-bond acceptors (Lipinski definition) is 1. The van der Waals surface area contributed by atoms with E-state index in [1.165, 1.54) is 31.2 Å². The summed E-state index contributed by atoms with van der Waals surface area (Å²) in [6, 6.07) is 8.82. The lowest BCUT2D eigenvalue weighted by molar-refractivity contribution is 0.223. The Morgan fingerprint density at radius 2 is 1.90 bits per heavy atom. The summed E-state index contributed by atoms with van der Waals surface area (Å²) in [6.45, 7) is 10.1. The van der Waals surface area contributed by atoms with Crippen LogP contribution in [0.3, 0.4) is 0 Å². The van der Waals surface area contributed by atoms with Crippen molar-refractivity contribution < 1.29 is 0 Å². The maximum atomic E-state index is 6.36. The van der Waals surface area contributed by atoms with E-state index < -0.39 is 0 Å². The van der Waals surface area contributed by atoms with E-state index in [4.69, 9.17) is 11.6 Å². The Morgan fingerprint density at radius 1 is 1.20 bits per heavy atom. The lowest BCUT2D eigenvalue weighted by atomic mass is 9.75. The topological polar surface area (TPSA) is 12.0 Å². The molecule has 1 atom stereocenters. The molecule has 0 saturated heterocycles. The molecule has 1 rings (SSSR count). The van der Waals surface area contributed by atoms with Gasteiger partial charge in [-0.2, -0.15) is 0 Å². The van der Waals surface area contributed by atoms with Crippen molar-refractivity contribution in [3.8, 4) is 0 Å². The van der Waals surface area contributed by atoms with E-state index >= 15 is 0 Å². The van der Waals surface area contributed by atoms with E-state index in [-0.39, 0.29) is 0 Å². The van der Waals surface area contributed by atoms with Gasteiger partial charge in [0.15, 0.2) is 0 Å². The largest absolute Gasteiger partial charge is 0.314 e. The zero-order valence-corrected chi connectivity index (χ0v) is 14.3. The number of benzene rings is 1. The van der Waals surface area contributed by atoms with E-state index in [0.717, 1.165) is 18.0 Å². The summed E-state index contributed by atoms with van der Waals surface area (Å²) in [4.78, 5) is 0. The Balaban J connectivity index is 2.87. The van der Waals surface area contributed by atoms with Crippen molar-refractivity contribution in [2.24, 2.45) is 5.41 Å². The fourth-order valence-corrected chi connectivity index (χ4v) is 2.89. The van der Waals surface area contributed by atoms with Gasteiger partial charge in [0.25, 0.3) is 0 Å². The highest BCUT2D eigenvalue weighted by molar-refractivity contribution is 6.31. The van der Waals surface area contributed by atoms with Gasteiger partial charge in [-0.3, -0.25) is 0 Å². The number of nitrogens with one attached hydrogen (secondary N) is 1. The summed E-state index contributed by atoms with van der Waals surface area (Å²) in [5.41, 5.74) is 1.61. The van der Waals surface area contributed by atoms with Gasteiger partial charge in [-0.1, -0.05) is 70.3 Å². The Hall–Kier alpha value is -0.530. The van der Waals surface area contributed by atoms with Crippen LogP contribution in [-0.4, -0.2) is 12.6 Å². The van der Waals surface area contributed by atoms with Gasteiger partial charge in [0.2, 0.25) is 0 Å². The van der Waals surface area contributed by atoms with Crippen molar-refractivity contribution in [2.75, 3.05) is 6.54 Å². The molecule has 0 aromatic heterocycles. The molecule has 1 nitrogen and oxygen atoms in total. The molecule has 0 radical (unpaired) electrons. The first-order valence-electron chi connectivity index (χ1n) is 8.00. The number of hydrogen-bond donors (Lipinski definition) is 1. The number of rotatable bonds is 9. The molecule has 0 fully saturated rings. The second kappa shape index (κ2) is 8.69. The predicted octanol–water partition coefficient (Wildman–Crippen LogP) is 5.47. The Bertz CT molecular complexity index is 389. The van der Waals surface area contributed by atoms with Crippen LogP contribution in [0.5, 0.6) is 0 Å². The fourth-order valence-electron chi connectivity index (χ4n) is 2.68. The van der Waals surface area contributed by atoms with Crippen LogP contribution >= 0.6 is 11.6 Å². The van der Waals surface area contributed by atoms with E-state index in [2.05, 4.69) is 45.1 Å². The first-order chi connectivity index (χ1) is 9.53. The second-order valence-corrected chi connectivity index (χ2v) is 6.67. The second-order valence-electron chi connectivity index (χ2n) is 6.26. The standard InChI is InChI=1S/C18H30ClN/c1-5-7-12-18(6-2,14-20-15(3)4)13-16-10-8-9-11-17(16)19/h8-11,15,20H,5-7,12-14H2,1-4H3. The van der Waals surface area contributed by atoms with Crippen molar-refractivity contribution in [3.05, 3.63) is 34.9 Å². The van der Waals surface area contributed by atoms with E-state index in [0.29, 0.717) is 11.5 Å². The average molecular weight is 296 g/mol. The first kappa shape index (κ1) is 17.5. The van der Waals surface area contributed by atoms with Crippen molar-refractivity contribution in [2.45, 2.75) is 65.8 Å². The Labute approximate surface area is 130 Å². The summed E-state index contributed by atoms with van der Waals surface area (Å²) in [7, 11) is 0. The molecule has 1 unspecified atom stereocenters. The minimum absolute atomic E-state index is 0.325. The molecule has 0 spiro atoms. The lowest BCUT2D eigenvalue weighted by Gasteiger charge is -2.35. The molecule has 0 amide bonds. The molecule has 114 valence electrons. The summed E-state index contributed by atoms with van der Waals surface area (Å²) in [5.74, 6) is 0. The molecule has 0 aliphatic rings. The maximum Gasteiger partial charge on any atom is 0.0438 e. The van der Waals surface area contributed by atoms with Crippen LogP contribution in [0.2, 0.25) is 5.02 Å². The van der Waals surface area contributed by atoms with Crippen LogP contribution < -0.4 is 5.32 Å². The van der Waals surface area contributed by atoms with Gasteiger partial charge in [-0.25, -0.2) is 0 Å². The summed E-state index contributed by atoms with van der Waals surface area (Å²) in [5, 5.41) is 4.55. The molecule has 1 aromatic rings. The first-order valence-corrected chi connectivity index (χ1v) is 8.37. The van der Waals surface area contributed by atoms with Crippen LogP contribution in [0, 0.1) is 5.41 Å². The highest BCUT2D eigenvalue weighted by atomic mass is 35.5.